The van der Waals surface area contributed by atoms with Gasteiger partial charge in [-0.25, -0.2) is 15.0 Å². The second kappa shape index (κ2) is 7.83. The number of hydrogen-bond donors (Lipinski definition) is 0. The molecular weight excluding hydrogens is 396 g/mol. The fraction of sp³-hybridized carbons (Fsp3) is 0.455. The molecule has 156 valence electrons. The first-order chi connectivity index (χ1) is 14.6. The van der Waals surface area contributed by atoms with E-state index in [-0.39, 0.29) is 5.91 Å². The number of pyridine rings is 1. The van der Waals surface area contributed by atoms with Gasteiger partial charge in [0.15, 0.2) is 0 Å². The number of aryl methyl sites for hydroxylation is 2. The Morgan fingerprint density at radius 2 is 1.70 bits per heavy atom. The summed E-state index contributed by atoms with van der Waals surface area (Å²) in [4.78, 5) is 35.4. The summed E-state index contributed by atoms with van der Waals surface area (Å²) in [5.74, 6) is 2.89. The van der Waals surface area contributed by atoms with E-state index < -0.39 is 0 Å². The highest BCUT2D eigenvalue weighted by molar-refractivity contribution is 7.20. The van der Waals surface area contributed by atoms with Crippen molar-refractivity contribution in [2.45, 2.75) is 26.7 Å². The molecule has 2 fully saturated rings. The molecule has 5 rings (SSSR count). The quantitative estimate of drug-likeness (QED) is 0.646. The third-order valence-corrected chi connectivity index (χ3v) is 7.20. The maximum Gasteiger partial charge on any atom is 0.264 e. The molecule has 0 bridgehead atoms. The second-order valence-corrected chi connectivity index (χ2v) is 8.99. The Morgan fingerprint density at radius 1 is 0.967 bits per heavy atom. The average molecular weight is 423 g/mol. The van der Waals surface area contributed by atoms with Crippen molar-refractivity contribution in [3.63, 3.8) is 0 Å². The number of piperazine rings is 1. The molecule has 3 aromatic rings. The lowest BCUT2D eigenvalue weighted by atomic mass is 10.1. The summed E-state index contributed by atoms with van der Waals surface area (Å²) in [6.45, 7) is 9.23. The number of likely N-dealkylation sites (tertiary alicyclic amines) is 1. The normalized spacial score (nSPS) is 17.2. The zero-order valence-corrected chi connectivity index (χ0v) is 18.3. The molecule has 0 radical (unpaired) electrons. The summed E-state index contributed by atoms with van der Waals surface area (Å²) < 4.78 is 0. The van der Waals surface area contributed by atoms with E-state index in [9.17, 15) is 4.79 Å². The van der Waals surface area contributed by atoms with Gasteiger partial charge in [0.05, 0.1) is 10.3 Å². The van der Waals surface area contributed by atoms with Crippen LogP contribution in [-0.2, 0) is 0 Å². The first-order valence-electron chi connectivity index (χ1n) is 10.6. The maximum absolute atomic E-state index is 13.1. The second-order valence-electron chi connectivity index (χ2n) is 7.99. The van der Waals surface area contributed by atoms with Crippen molar-refractivity contribution in [1.29, 1.82) is 0 Å². The van der Waals surface area contributed by atoms with E-state index in [0.717, 1.165) is 90.2 Å². The largest absolute Gasteiger partial charge is 0.353 e. The topological polar surface area (TPSA) is 65.5 Å². The van der Waals surface area contributed by atoms with Crippen molar-refractivity contribution >= 4 is 39.1 Å². The van der Waals surface area contributed by atoms with E-state index >= 15 is 0 Å². The molecule has 1 amide bonds. The van der Waals surface area contributed by atoms with Gasteiger partial charge in [0.1, 0.15) is 22.3 Å². The molecule has 0 aromatic carbocycles. The van der Waals surface area contributed by atoms with Gasteiger partial charge in [0.2, 0.25) is 0 Å². The standard InChI is InChI=1S/C22H26N6OS/c1-15-18-20(27-13-11-26(12-14-27)17-7-3-4-8-23-17)24-16(2)25-21(18)30-19(15)22(29)28-9-5-6-10-28/h3-4,7-8H,5-6,9-14H2,1-2H3. The number of nitrogens with zero attached hydrogens (tertiary/aromatic N) is 6. The number of hydrogen-bond acceptors (Lipinski definition) is 7. The number of aromatic nitrogens is 3. The van der Waals surface area contributed by atoms with Gasteiger partial charge in [-0.1, -0.05) is 6.07 Å². The molecule has 2 aliphatic heterocycles. The lowest BCUT2D eigenvalue weighted by Crippen LogP contribution is -2.47. The van der Waals surface area contributed by atoms with Crippen molar-refractivity contribution in [3.05, 3.63) is 40.7 Å². The molecule has 0 aliphatic carbocycles. The van der Waals surface area contributed by atoms with Crippen molar-refractivity contribution in [2.24, 2.45) is 0 Å². The van der Waals surface area contributed by atoms with Crippen LogP contribution in [0.25, 0.3) is 10.2 Å². The Labute approximate surface area is 180 Å². The SMILES string of the molecule is Cc1nc(N2CCN(c3ccccn3)CC2)c2c(C)c(C(=O)N3CCCC3)sc2n1. The third-order valence-electron chi connectivity index (χ3n) is 6.02. The lowest BCUT2D eigenvalue weighted by molar-refractivity contribution is 0.0797. The first kappa shape index (κ1) is 19.2. The third kappa shape index (κ3) is 3.39. The van der Waals surface area contributed by atoms with Crippen LogP contribution in [-0.4, -0.2) is 65.0 Å². The minimum absolute atomic E-state index is 0.150. The summed E-state index contributed by atoms with van der Waals surface area (Å²) in [6, 6.07) is 6.03. The van der Waals surface area contributed by atoms with Crippen LogP contribution in [0.1, 0.15) is 33.9 Å². The van der Waals surface area contributed by atoms with Crippen LogP contribution in [0, 0.1) is 13.8 Å². The number of rotatable bonds is 3. The summed E-state index contributed by atoms with van der Waals surface area (Å²) >= 11 is 1.52. The van der Waals surface area contributed by atoms with E-state index in [0.29, 0.717) is 0 Å². The molecule has 0 spiro atoms. The van der Waals surface area contributed by atoms with Crippen LogP contribution >= 0.6 is 11.3 Å². The molecule has 0 N–H and O–H groups in total. The van der Waals surface area contributed by atoms with Crippen LogP contribution < -0.4 is 9.80 Å². The molecule has 8 heteroatoms. The Morgan fingerprint density at radius 3 is 2.40 bits per heavy atom. The zero-order chi connectivity index (χ0) is 20.7. The van der Waals surface area contributed by atoms with Gasteiger partial charge in [-0.2, -0.15) is 0 Å². The van der Waals surface area contributed by atoms with Crippen LogP contribution in [0.4, 0.5) is 11.6 Å². The van der Waals surface area contributed by atoms with E-state index in [1.807, 2.05) is 30.2 Å². The molecule has 2 saturated heterocycles. The highest BCUT2D eigenvalue weighted by Crippen LogP contribution is 2.37. The van der Waals surface area contributed by atoms with Crippen molar-refractivity contribution in [3.8, 4) is 0 Å². The number of carbonyl (C=O) groups excluding carboxylic acids is 1. The Bertz CT molecular complexity index is 1070. The van der Waals surface area contributed by atoms with E-state index in [2.05, 4.69) is 32.8 Å². The minimum Gasteiger partial charge on any atom is -0.353 e. The molecule has 5 heterocycles. The van der Waals surface area contributed by atoms with Crippen LogP contribution in [0.3, 0.4) is 0 Å². The van der Waals surface area contributed by atoms with Crippen LogP contribution in [0.15, 0.2) is 24.4 Å². The first-order valence-corrected chi connectivity index (χ1v) is 11.4. The van der Waals surface area contributed by atoms with Gasteiger partial charge in [0.25, 0.3) is 5.91 Å². The molecule has 0 unspecified atom stereocenters. The molecule has 0 atom stereocenters. The van der Waals surface area contributed by atoms with Crippen LogP contribution in [0.5, 0.6) is 0 Å². The molecular formula is C22H26N6OS. The summed E-state index contributed by atoms with van der Waals surface area (Å²) in [5.41, 5.74) is 1.02. The number of amides is 1. The summed E-state index contributed by atoms with van der Waals surface area (Å²) in [5, 5.41) is 1.04. The van der Waals surface area contributed by atoms with Crippen molar-refractivity contribution < 1.29 is 4.79 Å². The Hall–Kier alpha value is -2.74. The predicted octanol–water partition coefficient (Wildman–Crippen LogP) is 3.27. The molecule has 3 aromatic heterocycles. The number of carbonyl (C=O) groups is 1. The molecule has 30 heavy (non-hydrogen) atoms. The highest BCUT2D eigenvalue weighted by Gasteiger charge is 2.28. The highest BCUT2D eigenvalue weighted by atomic mass is 32.1. The molecule has 0 saturated carbocycles. The van der Waals surface area contributed by atoms with E-state index in [4.69, 9.17) is 4.98 Å². The summed E-state index contributed by atoms with van der Waals surface area (Å²) in [6.07, 6.45) is 4.04. The number of thiophene rings is 1. The minimum atomic E-state index is 0.150. The van der Waals surface area contributed by atoms with Crippen molar-refractivity contribution in [1.82, 2.24) is 19.9 Å². The zero-order valence-electron chi connectivity index (χ0n) is 17.5. The van der Waals surface area contributed by atoms with E-state index in [1.54, 1.807) is 0 Å². The number of anilines is 2. The van der Waals surface area contributed by atoms with Gasteiger partial charge in [0, 0.05) is 45.5 Å². The Balaban J connectivity index is 1.45. The average Bonchev–Trinajstić information content (AvgIpc) is 3.42. The monoisotopic (exact) mass is 422 g/mol. The van der Waals surface area contributed by atoms with Gasteiger partial charge < -0.3 is 14.7 Å². The lowest BCUT2D eigenvalue weighted by Gasteiger charge is -2.36. The fourth-order valence-electron chi connectivity index (χ4n) is 4.41. The van der Waals surface area contributed by atoms with Gasteiger partial charge in [-0.3, -0.25) is 4.79 Å². The van der Waals surface area contributed by atoms with Gasteiger partial charge >= 0.3 is 0 Å². The summed E-state index contributed by atoms with van der Waals surface area (Å²) in [7, 11) is 0. The predicted molar refractivity (Wildman–Crippen MR) is 121 cm³/mol. The van der Waals surface area contributed by atoms with Gasteiger partial charge in [-0.15, -0.1) is 11.3 Å². The number of fused-ring (bicyclic) bond motifs is 1. The maximum atomic E-state index is 13.1. The molecule has 7 nitrogen and oxygen atoms in total. The smallest absolute Gasteiger partial charge is 0.264 e. The van der Waals surface area contributed by atoms with Crippen LogP contribution in [0.2, 0.25) is 0 Å². The van der Waals surface area contributed by atoms with E-state index in [1.165, 1.54) is 11.3 Å². The molecule has 2 aliphatic rings. The Kier molecular flexibility index (Phi) is 5.02. The van der Waals surface area contributed by atoms with Gasteiger partial charge in [-0.05, 0) is 44.4 Å². The fourth-order valence-corrected chi connectivity index (χ4v) is 5.60. The van der Waals surface area contributed by atoms with Crippen molar-refractivity contribution in [2.75, 3.05) is 49.1 Å².